The van der Waals surface area contributed by atoms with Gasteiger partial charge in [0, 0.05) is 11.4 Å². The first-order valence-corrected chi connectivity index (χ1v) is 8.35. The van der Waals surface area contributed by atoms with E-state index < -0.39 is 6.04 Å². The van der Waals surface area contributed by atoms with Crippen LogP contribution in [0.2, 0.25) is 0 Å². The van der Waals surface area contributed by atoms with Gasteiger partial charge in [-0.3, -0.25) is 4.79 Å². The molecule has 0 aliphatic rings. The highest BCUT2D eigenvalue weighted by Crippen LogP contribution is 2.22. The molecular weight excluding hydrogens is 331 g/mol. The second-order valence-electron chi connectivity index (χ2n) is 5.12. The maximum absolute atomic E-state index is 12.8. The van der Waals surface area contributed by atoms with Gasteiger partial charge in [0.2, 0.25) is 0 Å². The molecule has 0 unspecified atom stereocenters. The highest BCUT2D eigenvalue weighted by atomic mass is 32.1. The summed E-state index contributed by atoms with van der Waals surface area (Å²) in [4.78, 5) is 24.4. The Morgan fingerprint density at radius 3 is 2.62 bits per heavy atom. The van der Waals surface area contributed by atoms with Crippen molar-refractivity contribution in [1.29, 1.82) is 0 Å². The molecule has 1 aromatic carbocycles. The molecule has 0 radical (unpaired) electrons. The summed E-state index contributed by atoms with van der Waals surface area (Å²) in [5.74, 6) is -0.675. The molecule has 1 atom stereocenters. The van der Waals surface area contributed by atoms with Gasteiger partial charge in [-0.15, -0.1) is 11.3 Å². The third kappa shape index (κ3) is 5.66. The number of carbonyl (C=O) groups excluding carboxylic acids is 2. The largest absolute Gasteiger partial charge is 0.469 e. The van der Waals surface area contributed by atoms with Gasteiger partial charge in [0.05, 0.1) is 19.6 Å². The van der Waals surface area contributed by atoms with E-state index >= 15 is 0 Å². The van der Waals surface area contributed by atoms with E-state index in [4.69, 9.17) is 0 Å². The summed E-state index contributed by atoms with van der Waals surface area (Å²) < 4.78 is 17.5. The Balaban J connectivity index is 1.83. The van der Waals surface area contributed by atoms with Crippen molar-refractivity contribution in [3.8, 4) is 0 Å². The summed E-state index contributed by atoms with van der Waals surface area (Å²) in [6.07, 6.45) is 0.663. The molecule has 2 amide bonds. The van der Waals surface area contributed by atoms with Gasteiger partial charge in [0.15, 0.2) is 0 Å². The third-order valence-electron chi connectivity index (χ3n) is 3.40. The maximum atomic E-state index is 12.8. The zero-order valence-corrected chi connectivity index (χ0v) is 14.1. The number of halogens is 1. The molecule has 0 saturated carbocycles. The number of rotatable bonds is 7. The van der Waals surface area contributed by atoms with E-state index in [0.29, 0.717) is 13.0 Å². The van der Waals surface area contributed by atoms with Crippen LogP contribution in [0, 0.1) is 5.82 Å². The minimum atomic E-state index is -0.428. The first-order valence-electron chi connectivity index (χ1n) is 7.47. The lowest BCUT2D eigenvalue weighted by Gasteiger charge is -2.17. The first kappa shape index (κ1) is 17.9. The zero-order chi connectivity index (χ0) is 17.4. The number of amides is 2. The van der Waals surface area contributed by atoms with Gasteiger partial charge in [0.1, 0.15) is 5.82 Å². The maximum Gasteiger partial charge on any atom is 0.315 e. The Bertz CT molecular complexity index is 659. The number of hydrogen-bond donors (Lipinski definition) is 2. The summed E-state index contributed by atoms with van der Waals surface area (Å²) in [6.45, 7) is 0.410. The molecule has 2 rings (SSSR count). The van der Waals surface area contributed by atoms with Crippen LogP contribution < -0.4 is 10.6 Å². The van der Waals surface area contributed by atoms with Gasteiger partial charge in [-0.25, -0.2) is 9.18 Å². The van der Waals surface area contributed by atoms with Crippen molar-refractivity contribution in [2.45, 2.75) is 18.9 Å². The Morgan fingerprint density at radius 2 is 2.00 bits per heavy atom. The normalized spacial score (nSPS) is 11.6. The fraction of sp³-hybridized carbons (Fsp3) is 0.294. The fourth-order valence-electron chi connectivity index (χ4n) is 2.14. The summed E-state index contributed by atoms with van der Waals surface area (Å²) in [7, 11) is 1.32. The van der Waals surface area contributed by atoms with E-state index in [1.165, 1.54) is 30.6 Å². The highest BCUT2D eigenvalue weighted by Gasteiger charge is 2.19. The topological polar surface area (TPSA) is 67.4 Å². The van der Waals surface area contributed by atoms with Crippen LogP contribution in [-0.2, 0) is 16.0 Å². The molecular formula is C17H19FN2O3S. The molecule has 0 aliphatic heterocycles. The van der Waals surface area contributed by atoms with E-state index in [1.54, 1.807) is 12.1 Å². The van der Waals surface area contributed by atoms with Crippen LogP contribution in [0.5, 0.6) is 0 Å². The summed E-state index contributed by atoms with van der Waals surface area (Å²) in [5, 5.41) is 7.40. The Labute approximate surface area is 143 Å². The smallest absolute Gasteiger partial charge is 0.315 e. The van der Waals surface area contributed by atoms with Crippen molar-refractivity contribution in [1.82, 2.24) is 10.6 Å². The van der Waals surface area contributed by atoms with Crippen LogP contribution in [0.1, 0.15) is 22.9 Å². The molecule has 1 aromatic heterocycles. The standard InChI is InChI=1S/C17H19FN2O3S/c1-23-16(21)11-14(15-3-2-10-24-15)20-17(22)19-9-8-12-4-6-13(18)7-5-12/h2-7,10,14H,8-9,11H2,1H3,(H2,19,20,22)/t14-/m0/s1. The average Bonchev–Trinajstić information content (AvgIpc) is 3.10. The molecule has 0 spiro atoms. The number of carbonyl (C=O) groups is 2. The van der Waals surface area contributed by atoms with Crippen LogP contribution in [-0.4, -0.2) is 25.7 Å². The summed E-state index contributed by atoms with van der Waals surface area (Å²) in [6, 6.07) is 9.07. The minimum Gasteiger partial charge on any atom is -0.469 e. The number of hydrogen-bond acceptors (Lipinski definition) is 4. The van der Waals surface area contributed by atoms with Crippen LogP contribution in [0.15, 0.2) is 41.8 Å². The van der Waals surface area contributed by atoms with Crippen LogP contribution >= 0.6 is 11.3 Å². The molecule has 1 heterocycles. The molecule has 5 nitrogen and oxygen atoms in total. The number of benzene rings is 1. The van der Waals surface area contributed by atoms with Crippen LogP contribution in [0.3, 0.4) is 0 Å². The second kappa shape index (κ2) is 9.02. The van der Waals surface area contributed by atoms with Crippen molar-refractivity contribution in [2.75, 3.05) is 13.7 Å². The van der Waals surface area contributed by atoms with Crippen LogP contribution in [0.25, 0.3) is 0 Å². The van der Waals surface area contributed by atoms with Crippen molar-refractivity contribution < 1.29 is 18.7 Å². The Hall–Kier alpha value is -2.41. The number of urea groups is 1. The predicted octanol–water partition coefficient (Wildman–Crippen LogP) is 3.03. The van der Waals surface area contributed by atoms with Gasteiger partial charge >= 0.3 is 12.0 Å². The average molecular weight is 350 g/mol. The van der Waals surface area contributed by atoms with Crippen molar-refractivity contribution in [3.05, 3.63) is 58.0 Å². The first-order chi connectivity index (χ1) is 11.6. The second-order valence-corrected chi connectivity index (χ2v) is 6.10. The van der Waals surface area contributed by atoms with Gasteiger partial charge in [-0.1, -0.05) is 18.2 Å². The molecule has 24 heavy (non-hydrogen) atoms. The summed E-state index contributed by atoms with van der Waals surface area (Å²) in [5.41, 5.74) is 0.932. The van der Waals surface area contributed by atoms with Gasteiger partial charge < -0.3 is 15.4 Å². The summed E-state index contributed by atoms with van der Waals surface area (Å²) >= 11 is 1.46. The lowest BCUT2D eigenvalue weighted by Crippen LogP contribution is -2.39. The lowest BCUT2D eigenvalue weighted by atomic mass is 10.1. The zero-order valence-electron chi connectivity index (χ0n) is 13.3. The Morgan fingerprint density at radius 1 is 1.25 bits per heavy atom. The quantitative estimate of drug-likeness (QED) is 0.754. The van der Waals surface area contributed by atoms with E-state index in [1.807, 2.05) is 17.5 Å². The van der Waals surface area contributed by atoms with E-state index in [2.05, 4.69) is 15.4 Å². The number of ether oxygens (including phenoxy) is 1. The Kier molecular flexibility index (Phi) is 6.74. The van der Waals surface area contributed by atoms with Gasteiger partial charge in [-0.05, 0) is 35.6 Å². The SMILES string of the molecule is COC(=O)C[C@H](NC(=O)NCCc1ccc(F)cc1)c1cccs1. The molecule has 2 aromatic rings. The van der Waals surface area contributed by atoms with Gasteiger partial charge in [-0.2, -0.15) is 0 Å². The molecule has 2 N–H and O–H groups in total. The number of esters is 1. The van der Waals surface area contributed by atoms with E-state index in [9.17, 15) is 14.0 Å². The van der Waals surface area contributed by atoms with Crippen LogP contribution in [0.4, 0.5) is 9.18 Å². The molecule has 7 heteroatoms. The number of methoxy groups -OCH3 is 1. The van der Waals surface area contributed by atoms with Gasteiger partial charge in [0.25, 0.3) is 0 Å². The fourth-order valence-corrected chi connectivity index (χ4v) is 2.92. The van der Waals surface area contributed by atoms with Crippen molar-refractivity contribution in [3.63, 3.8) is 0 Å². The monoisotopic (exact) mass is 350 g/mol. The third-order valence-corrected chi connectivity index (χ3v) is 4.39. The van der Waals surface area contributed by atoms with E-state index in [-0.39, 0.29) is 24.2 Å². The highest BCUT2D eigenvalue weighted by molar-refractivity contribution is 7.10. The number of thiophene rings is 1. The minimum absolute atomic E-state index is 0.0718. The molecule has 0 bridgehead atoms. The number of nitrogens with one attached hydrogen (secondary N) is 2. The lowest BCUT2D eigenvalue weighted by molar-refractivity contribution is -0.141. The molecule has 0 fully saturated rings. The van der Waals surface area contributed by atoms with Crippen molar-refractivity contribution >= 4 is 23.3 Å². The predicted molar refractivity (Wildman–Crippen MR) is 90.3 cm³/mol. The van der Waals surface area contributed by atoms with E-state index in [0.717, 1.165) is 10.4 Å². The molecule has 128 valence electrons. The van der Waals surface area contributed by atoms with Crippen molar-refractivity contribution in [2.24, 2.45) is 0 Å². The molecule has 0 aliphatic carbocycles. The molecule has 0 saturated heterocycles.